The summed E-state index contributed by atoms with van der Waals surface area (Å²) in [7, 11) is 0. The van der Waals surface area contributed by atoms with Gasteiger partial charge in [-0.1, -0.05) is 30.3 Å². The van der Waals surface area contributed by atoms with Gasteiger partial charge in [0.15, 0.2) is 0 Å². The van der Waals surface area contributed by atoms with Crippen LogP contribution < -0.4 is 0 Å². The molecule has 1 saturated heterocycles. The van der Waals surface area contributed by atoms with Crippen LogP contribution in [0.25, 0.3) is 0 Å². The third kappa shape index (κ3) is 5.21. The molecule has 1 heterocycles. The Balaban J connectivity index is 1.62. The Morgan fingerprint density at radius 2 is 1.90 bits per heavy atom. The molecule has 0 bridgehead atoms. The van der Waals surface area contributed by atoms with E-state index in [1.165, 1.54) is 0 Å². The number of hydrogen-bond donors (Lipinski definition) is 2. The zero-order chi connectivity index (χ0) is 14.4. The van der Waals surface area contributed by atoms with Crippen LogP contribution >= 0.6 is 0 Å². The Morgan fingerprint density at radius 1 is 1.25 bits per heavy atom. The molecule has 1 fully saturated rings. The smallest absolute Gasteiger partial charge is 0.0900 e. The highest BCUT2D eigenvalue weighted by atomic mass is 16.5. The van der Waals surface area contributed by atoms with Gasteiger partial charge in [-0.15, -0.1) is 0 Å². The summed E-state index contributed by atoms with van der Waals surface area (Å²) in [6.45, 7) is 5.05. The zero-order valence-corrected chi connectivity index (χ0v) is 12.2. The minimum absolute atomic E-state index is 0.349. The molecule has 1 unspecified atom stereocenters. The maximum atomic E-state index is 9.98. The normalized spacial score (nSPS) is 20.8. The molecule has 1 atom stereocenters. The summed E-state index contributed by atoms with van der Waals surface area (Å²) in [4.78, 5) is 2.19. The molecule has 0 spiro atoms. The molecule has 1 aliphatic heterocycles. The van der Waals surface area contributed by atoms with E-state index in [9.17, 15) is 10.2 Å². The minimum Gasteiger partial charge on any atom is -0.390 e. The van der Waals surface area contributed by atoms with E-state index in [0.29, 0.717) is 19.8 Å². The van der Waals surface area contributed by atoms with Crippen molar-refractivity contribution in [2.75, 3.05) is 26.2 Å². The summed E-state index contributed by atoms with van der Waals surface area (Å²) in [6.07, 6.45) is 1.07. The van der Waals surface area contributed by atoms with Crippen molar-refractivity contribution in [3.63, 3.8) is 0 Å². The lowest BCUT2D eigenvalue weighted by Gasteiger charge is -2.36. The van der Waals surface area contributed by atoms with Crippen LogP contribution in [0.2, 0.25) is 0 Å². The van der Waals surface area contributed by atoms with E-state index in [4.69, 9.17) is 4.74 Å². The third-order valence-corrected chi connectivity index (χ3v) is 3.82. The Morgan fingerprint density at radius 3 is 2.55 bits per heavy atom. The highest BCUT2D eigenvalue weighted by Gasteiger charge is 2.27. The van der Waals surface area contributed by atoms with Gasteiger partial charge in [-0.2, -0.15) is 0 Å². The van der Waals surface area contributed by atoms with Gasteiger partial charge in [-0.25, -0.2) is 0 Å². The monoisotopic (exact) mass is 279 g/mol. The molecule has 112 valence electrons. The standard InChI is InChI=1S/C16H25NO3/c1-16(19)7-9-17(10-8-16)11-15(18)13-20-12-14-5-3-2-4-6-14/h2-6,15,18-19H,7-13H2,1H3. The van der Waals surface area contributed by atoms with Gasteiger partial charge in [0.1, 0.15) is 0 Å². The van der Waals surface area contributed by atoms with Crippen LogP contribution in [0.3, 0.4) is 0 Å². The summed E-state index contributed by atoms with van der Waals surface area (Å²) in [5.74, 6) is 0. The predicted octanol–water partition coefficient (Wildman–Crippen LogP) is 1.41. The average molecular weight is 279 g/mol. The van der Waals surface area contributed by atoms with Crippen molar-refractivity contribution in [1.82, 2.24) is 4.90 Å². The lowest BCUT2D eigenvalue weighted by atomic mass is 9.94. The van der Waals surface area contributed by atoms with E-state index >= 15 is 0 Å². The molecular formula is C16H25NO3. The molecule has 0 radical (unpaired) electrons. The molecule has 0 aliphatic carbocycles. The maximum Gasteiger partial charge on any atom is 0.0900 e. The molecule has 0 saturated carbocycles. The molecule has 0 amide bonds. The topological polar surface area (TPSA) is 52.9 Å². The van der Waals surface area contributed by atoms with Crippen molar-refractivity contribution in [2.24, 2.45) is 0 Å². The molecule has 4 nitrogen and oxygen atoms in total. The van der Waals surface area contributed by atoms with E-state index in [0.717, 1.165) is 31.5 Å². The van der Waals surface area contributed by atoms with E-state index < -0.39 is 11.7 Å². The van der Waals surface area contributed by atoms with Gasteiger partial charge < -0.3 is 19.8 Å². The van der Waals surface area contributed by atoms with Crippen molar-refractivity contribution >= 4 is 0 Å². The fourth-order valence-corrected chi connectivity index (χ4v) is 2.46. The van der Waals surface area contributed by atoms with Gasteiger partial charge in [-0.05, 0) is 25.3 Å². The van der Waals surface area contributed by atoms with Crippen LogP contribution in [-0.2, 0) is 11.3 Å². The average Bonchev–Trinajstić information content (AvgIpc) is 2.42. The number of hydrogen-bond acceptors (Lipinski definition) is 4. The van der Waals surface area contributed by atoms with Gasteiger partial charge in [0.2, 0.25) is 0 Å². The second-order valence-corrected chi connectivity index (χ2v) is 5.95. The Hall–Kier alpha value is -0.940. The van der Waals surface area contributed by atoms with Crippen molar-refractivity contribution in [2.45, 2.75) is 38.1 Å². The Kier molecular flexibility index (Phi) is 5.54. The lowest BCUT2D eigenvalue weighted by molar-refractivity contribution is -0.0308. The molecule has 2 rings (SSSR count). The largest absolute Gasteiger partial charge is 0.390 e. The first kappa shape index (κ1) is 15.4. The van der Waals surface area contributed by atoms with E-state index in [1.807, 2.05) is 37.3 Å². The lowest BCUT2D eigenvalue weighted by Crippen LogP contribution is -2.45. The van der Waals surface area contributed by atoms with E-state index in [1.54, 1.807) is 0 Å². The molecule has 2 N–H and O–H groups in total. The Bertz CT molecular complexity index is 384. The van der Waals surface area contributed by atoms with Crippen molar-refractivity contribution < 1.29 is 14.9 Å². The predicted molar refractivity (Wildman–Crippen MR) is 78.4 cm³/mol. The number of likely N-dealkylation sites (tertiary alicyclic amines) is 1. The van der Waals surface area contributed by atoms with E-state index in [2.05, 4.69) is 4.90 Å². The Labute approximate surface area is 121 Å². The number of benzene rings is 1. The molecule has 1 aromatic rings. The first-order valence-electron chi connectivity index (χ1n) is 7.30. The van der Waals surface area contributed by atoms with Gasteiger partial charge in [0, 0.05) is 19.6 Å². The second-order valence-electron chi connectivity index (χ2n) is 5.95. The highest BCUT2D eigenvalue weighted by molar-refractivity contribution is 5.13. The van der Waals surface area contributed by atoms with Gasteiger partial charge in [0.25, 0.3) is 0 Å². The maximum absolute atomic E-state index is 9.98. The summed E-state index contributed by atoms with van der Waals surface area (Å²) < 4.78 is 5.54. The number of aliphatic hydroxyl groups is 2. The number of ether oxygens (including phenoxy) is 1. The number of aliphatic hydroxyl groups excluding tert-OH is 1. The van der Waals surface area contributed by atoms with Crippen LogP contribution in [0.4, 0.5) is 0 Å². The number of nitrogens with zero attached hydrogens (tertiary/aromatic N) is 1. The van der Waals surface area contributed by atoms with Crippen LogP contribution in [0.1, 0.15) is 25.3 Å². The summed E-state index contributed by atoms with van der Waals surface area (Å²) in [5, 5.41) is 19.9. The molecule has 1 aliphatic rings. The van der Waals surface area contributed by atoms with Crippen molar-refractivity contribution in [1.29, 1.82) is 0 Å². The molecule has 0 aromatic heterocycles. The first-order chi connectivity index (χ1) is 9.55. The summed E-state index contributed by atoms with van der Waals surface area (Å²) in [5.41, 5.74) is 0.583. The first-order valence-corrected chi connectivity index (χ1v) is 7.30. The highest BCUT2D eigenvalue weighted by Crippen LogP contribution is 2.21. The van der Waals surface area contributed by atoms with Gasteiger partial charge in [0.05, 0.1) is 24.9 Å². The SMILES string of the molecule is CC1(O)CCN(CC(O)COCc2ccccc2)CC1. The van der Waals surface area contributed by atoms with Crippen molar-refractivity contribution in [3.05, 3.63) is 35.9 Å². The molecular weight excluding hydrogens is 254 g/mol. The fraction of sp³-hybridized carbons (Fsp3) is 0.625. The molecule has 20 heavy (non-hydrogen) atoms. The number of piperidine rings is 1. The van der Waals surface area contributed by atoms with Crippen LogP contribution in [0, 0.1) is 0 Å². The minimum atomic E-state index is -0.536. The zero-order valence-electron chi connectivity index (χ0n) is 12.2. The summed E-state index contributed by atoms with van der Waals surface area (Å²) >= 11 is 0. The second kappa shape index (κ2) is 7.18. The van der Waals surface area contributed by atoms with Gasteiger partial charge >= 0.3 is 0 Å². The summed E-state index contributed by atoms with van der Waals surface area (Å²) in [6, 6.07) is 9.96. The van der Waals surface area contributed by atoms with E-state index in [-0.39, 0.29) is 0 Å². The number of rotatable bonds is 6. The quantitative estimate of drug-likeness (QED) is 0.827. The van der Waals surface area contributed by atoms with Gasteiger partial charge in [-0.3, -0.25) is 0 Å². The molecule has 1 aromatic carbocycles. The van der Waals surface area contributed by atoms with Crippen LogP contribution in [-0.4, -0.2) is 53.1 Å². The van der Waals surface area contributed by atoms with Crippen LogP contribution in [0.15, 0.2) is 30.3 Å². The van der Waals surface area contributed by atoms with Crippen molar-refractivity contribution in [3.8, 4) is 0 Å². The third-order valence-electron chi connectivity index (χ3n) is 3.82. The molecule has 4 heteroatoms. The fourth-order valence-electron chi connectivity index (χ4n) is 2.46. The number of β-amino-alcohol motifs (C(OH)–C–C–N with tert-alkyl or cyclic N) is 1. The van der Waals surface area contributed by atoms with Crippen LogP contribution in [0.5, 0.6) is 0 Å².